The summed E-state index contributed by atoms with van der Waals surface area (Å²) in [6, 6.07) is 7.60. The second kappa shape index (κ2) is 7.41. The van der Waals surface area contributed by atoms with E-state index in [-0.39, 0.29) is 24.8 Å². The predicted octanol–water partition coefficient (Wildman–Crippen LogP) is 2.00. The molecule has 0 spiro atoms. The molecule has 0 aliphatic rings. The highest BCUT2D eigenvalue weighted by Crippen LogP contribution is 2.08. The lowest BCUT2D eigenvalue weighted by Crippen LogP contribution is -2.34. The van der Waals surface area contributed by atoms with Crippen molar-refractivity contribution in [2.24, 2.45) is 0 Å². The van der Waals surface area contributed by atoms with E-state index in [0.29, 0.717) is 12.2 Å². The molecule has 0 radical (unpaired) electrons. The summed E-state index contributed by atoms with van der Waals surface area (Å²) in [7, 11) is 0. The van der Waals surface area contributed by atoms with Gasteiger partial charge in [0.2, 0.25) is 5.91 Å². The molecule has 0 unspecified atom stereocenters. The van der Waals surface area contributed by atoms with Crippen LogP contribution in [0.3, 0.4) is 0 Å². The summed E-state index contributed by atoms with van der Waals surface area (Å²) in [5, 5.41) is 11.3. The van der Waals surface area contributed by atoms with Gasteiger partial charge in [-0.2, -0.15) is 5.26 Å². The maximum atomic E-state index is 12.7. The molecule has 1 aromatic carbocycles. The minimum absolute atomic E-state index is 0.165. The monoisotopic (exact) mass is 249 g/mol. The smallest absolute Gasteiger partial charge is 0.238 e. The Bertz CT molecular complexity index is 425. The molecule has 0 aliphatic carbocycles. The van der Waals surface area contributed by atoms with Crippen molar-refractivity contribution in [2.45, 2.75) is 13.3 Å². The molecule has 0 bridgehead atoms. The normalized spacial score (nSPS) is 10.1. The fourth-order valence-corrected chi connectivity index (χ4v) is 1.57. The van der Waals surface area contributed by atoms with Gasteiger partial charge in [-0.1, -0.05) is 6.92 Å². The van der Waals surface area contributed by atoms with E-state index in [1.54, 1.807) is 4.90 Å². The van der Waals surface area contributed by atoms with E-state index in [9.17, 15) is 9.18 Å². The third-order valence-corrected chi connectivity index (χ3v) is 2.33. The molecule has 0 aliphatic heterocycles. The van der Waals surface area contributed by atoms with Crippen LogP contribution in [0.5, 0.6) is 0 Å². The zero-order chi connectivity index (χ0) is 13.4. The summed E-state index contributed by atoms with van der Waals surface area (Å²) in [4.78, 5) is 13.5. The van der Waals surface area contributed by atoms with E-state index < -0.39 is 0 Å². The Morgan fingerprint density at radius 2 is 2.11 bits per heavy atom. The lowest BCUT2D eigenvalue weighted by atomic mass is 10.3. The van der Waals surface area contributed by atoms with Gasteiger partial charge >= 0.3 is 0 Å². The zero-order valence-electron chi connectivity index (χ0n) is 10.3. The summed E-state index contributed by atoms with van der Waals surface area (Å²) in [6.45, 7) is 3.08. The van der Waals surface area contributed by atoms with Crippen LogP contribution in [-0.2, 0) is 4.79 Å². The molecule has 0 fully saturated rings. The van der Waals surface area contributed by atoms with Crippen molar-refractivity contribution >= 4 is 11.6 Å². The Labute approximate surface area is 106 Å². The highest BCUT2D eigenvalue weighted by molar-refractivity contribution is 5.92. The van der Waals surface area contributed by atoms with Crippen molar-refractivity contribution < 1.29 is 9.18 Å². The third kappa shape index (κ3) is 4.93. The molecule has 1 aromatic rings. The third-order valence-electron chi connectivity index (χ3n) is 2.33. The summed E-state index contributed by atoms with van der Waals surface area (Å²) in [5.74, 6) is -0.546. The minimum Gasteiger partial charge on any atom is -0.325 e. The van der Waals surface area contributed by atoms with Crippen LogP contribution in [0.2, 0.25) is 0 Å². The Kier molecular flexibility index (Phi) is 5.81. The standard InChI is InChI=1S/C13H16FN3O/c1-2-8-17(9-7-15)10-13(18)16-12-5-3-11(14)4-6-12/h3-6H,2,8-10H2,1H3,(H,16,18). The van der Waals surface area contributed by atoms with Crippen molar-refractivity contribution in [2.75, 3.05) is 25.0 Å². The maximum Gasteiger partial charge on any atom is 0.238 e. The second-order valence-electron chi connectivity index (χ2n) is 3.92. The first-order chi connectivity index (χ1) is 8.65. The van der Waals surface area contributed by atoms with E-state index in [1.165, 1.54) is 24.3 Å². The molecule has 18 heavy (non-hydrogen) atoms. The number of rotatable bonds is 6. The van der Waals surface area contributed by atoms with Crippen LogP contribution in [0.15, 0.2) is 24.3 Å². The Hall–Kier alpha value is -1.93. The van der Waals surface area contributed by atoms with Gasteiger partial charge in [0.25, 0.3) is 0 Å². The summed E-state index contributed by atoms with van der Waals surface area (Å²) in [5.41, 5.74) is 0.551. The van der Waals surface area contributed by atoms with Gasteiger partial charge in [-0.05, 0) is 37.2 Å². The Balaban J connectivity index is 2.49. The Morgan fingerprint density at radius 3 is 2.67 bits per heavy atom. The van der Waals surface area contributed by atoms with Crippen molar-refractivity contribution in [3.8, 4) is 6.07 Å². The first-order valence-corrected chi connectivity index (χ1v) is 5.80. The topological polar surface area (TPSA) is 56.1 Å². The molecule has 1 rings (SSSR count). The summed E-state index contributed by atoms with van der Waals surface area (Å²) >= 11 is 0. The molecule has 96 valence electrons. The molecule has 0 saturated heterocycles. The van der Waals surface area contributed by atoms with Crippen molar-refractivity contribution in [1.82, 2.24) is 4.90 Å². The van der Waals surface area contributed by atoms with Crippen LogP contribution in [0, 0.1) is 17.1 Å². The summed E-state index contributed by atoms with van der Waals surface area (Å²) < 4.78 is 12.7. The SMILES string of the molecule is CCCN(CC#N)CC(=O)Nc1ccc(F)cc1. The van der Waals surface area contributed by atoms with Gasteiger partial charge in [-0.25, -0.2) is 4.39 Å². The van der Waals surface area contributed by atoms with Gasteiger partial charge in [0.1, 0.15) is 5.82 Å². The van der Waals surface area contributed by atoms with E-state index in [2.05, 4.69) is 5.32 Å². The second-order valence-corrected chi connectivity index (χ2v) is 3.92. The molecular formula is C13H16FN3O. The molecule has 0 heterocycles. The average Bonchev–Trinajstić information content (AvgIpc) is 2.33. The average molecular weight is 249 g/mol. The highest BCUT2D eigenvalue weighted by Gasteiger charge is 2.09. The Morgan fingerprint density at radius 1 is 1.44 bits per heavy atom. The van der Waals surface area contributed by atoms with Gasteiger partial charge < -0.3 is 5.32 Å². The van der Waals surface area contributed by atoms with Crippen LogP contribution in [0.25, 0.3) is 0 Å². The number of benzene rings is 1. The zero-order valence-corrected chi connectivity index (χ0v) is 10.3. The van der Waals surface area contributed by atoms with Crippen LogP contribution in [-0.4, -0.2) is 30.4 Å². The lowest BCUT2D eigenvalue weighted by molar-refractivity contribution is -0.117. The van der Waals surface area contributed by atoms with Crippen molar-refractivity contribution in [3.63, 3.8) is 0 Å². The number of amides is 1. The predicted molar refractivity (Wildman–Crippen MR) is 67.4 cm³/mol. The number of nitrogens with one attached hydrogen (secondary N) is 1. The van der Waals surface area contributed by atoms with Crippen molar-refractivity contribution in [1.29, 1.82) is 5.26 Å². The van der Waals surface area contributed by atoms with Crippen LogP contribution < -0.4 is 5.32 Å². The van der Waals surface area contributed by atoms with Gasteiger partial charge in [0.15, 0.2) is 0 Å². The number of anilines is 1. The number of hydrogen-bond donors (Lipinski definition) is 1. The van der Waals surface area contributed by atoms with Gasteiger partial charge in [-0.15, -0.1) is 0 Å². The largest absolute Gasteiger partial charge is 0.325 e. The quantitative estimate of drug-likeness (QED) is 0.784. The van der Waals surface area contributed by atoms with Crippen LogP contribution >= 0.6 is 0 Å². The van der Waals surface area contributed by atoms with Gasteiger partial charge in [0.05, 0.1) is 19.2 Å². The molecule has 4 nitrogen and oxygen atoms in total. The molecular weight excluding hydrogens is 233 g/mol. The van der Waals surface area contributed by atoms with E-state index in [0.717, 1.165) is 6.42 Å². The molecule has 0 atom stereocenters. The molecule has 1 amide bonds. The number of carbonyl (C=O) groups is 1. The van der Waals surface area contributed by atoms with Gasteiger partial charge in [-0.3, -0.25) is 9.69 Å². The van der Waals surface area contributed by atoms with Crippen molar-refractivity contribution in [3.05, 3.63) is 30.1 Å². The van der Waals surface area contributed by atoms with Gasteiger partial charge in [0, 0.05) is 5.69 Å². The van der Waals surface area contributed by atoms with Crippen LogP contribution in [0.1, 0.15) is 13.3 Å². The number of carbonyl (C=O) groups excluding carboxylic acids is 1. The molecule has 1 N–H and O–H groups in total. The van der Waals surface area contributed by atoms with E-state index >= 15 is 0 Å². The fraction of sp³-hybridized carbons (Fsp3) is 0.385. The lowest BCUT2D eigenvalue weighted by Gasteiger charge is -2.17. The number of nitrogens with zero attached hydrogens (tertiary/aromatic N) is 2. The highest BCUT2D eigenvalue weighted by atomic mass is 19.1. The van der Waals surface area contributed by atoms with E-state index in [4.69, 9.17) is 5.26 Å². The number of nitriles is 1. The van der Waals surface area contributed by atoms with Crippen LogP contribution in [0.4, 0.5) is 10.1 Å². The number of hydrogen-bond acceptors (Lipinski definition) is 3. The minimum atomic E-state index is -0.343. The maximum absolute atomic E-state index is 12.7. The summed E-state index contributed by atoms with van der Waals surface area (Å²) in [6.07, 6.45) is 0.880. The molecule has 0 saturated carbocycles. The first-order valence-electron chi connectivity index (χ1n) is 5.80. The number of halogens is 1. The molecule has 0 aromatic heterocycles. The first kappa shape index (κ1) is 14.1. The van der Waals surface area contributed by atoms with E-state index in [1.807, 2.05) is 13.0 Å². The fourth-order valence-electron chi connectivity index (χ4n) is 1.57. The molecule has 5 heteroatoms.